The summed E-state index contributed by atoms with van der Waals surface area (Å²) in [6, 6.07) is -0.506. The first-order chi connectivity index (χ1) is 4.68. The lowest BCUT2D eigenvalue weighted by Crippen LogP contribution is -2.34. The highest BCUT2D eigenvalue weighted by molar-refractivity contribution is 5.72. The van der Waals surface area contributed by atoms with E-state index in [9.17, 15) is 4.79 Å². The van der Waals surface area contributed by atoms with Crippen LogP contribution in [0, 0.1) is 12.3 Å². The van der Waals surface area contributed by atoms with Crippen LogP contribution in [-0.2, 0) is 4.79 Å². The van der Waals surface area contributed by atoms with E-state index in [4.69, 9.17) is 11.5 Å². The highest BCUT2D eigenvalue weighted by Crippen LogP contribution is 1.80. The van der Waals surface area contributed by atoms with Crippen LogP contribution >= 0.6 is 0 Å². The first-order valence-electron chi connectivity index (χ1n) is 3.08. The molecule has 3 heteroatoms. The van der Waals surface area contributed by atoms with E-state index in [0.29, 0.717) is 13.0 Å². The van der Waals surface area contributed by atoms with Crippen LogP contribution in [0.3, 0.4) is 0 Å². The number of nitrogens with one attached hydrogen (secondary N) is 1. The van der Waals surface area contributed by atoms with E-state index in [1.807, 2.05) is 0 Å². The molecule has 0 aromatic heterocycles. The van der Waals surface area contributed by atoms with E-state index in [2.05, 4.69) is 11.2 Å². The van der Waals surface area contributed by atoms with Crippen molar-refractivity contribution in [2.75, 3.05) is 6.54 Å². The molecule has 3 nitrogen and oxygen atoms in total. The van der Waals surface area contributed by atoms with Crippen LogP contribution in [0.25, 0.3) is 0 Å². The Morgan fingerprint density at radius 2 is 2.50 bits per heavy atom. The number of carboxylic acid groups (broad SMARTS) is 1. The second kappa shape index (κ2) is 4.83. The number of carbonyl (C=O) groups is 1. The first kappa shape index (κ1) is 8.99. The third-order valence-electron chi connectivity index (χ3n) is 1.09. The Bertz CT molecular complexity index is 148. The average molecular weight is 141 g/mol. The van der Waals surface area contributed by atoms with Crippen molar-refractivity contribution >= 4 is 5.97 Å². The fourth-order valence-electron chi connectivity index (χ4n) is 0.448. The topological polar surface area (TPSA) is 49.3 Å². The molecule has 0 spiro atoms. The number of rotatable bonds is 4. The second-order valence-electron chi connectivity index (χ2n) is 1.97. The average Bonchev–Trinajstić information content (AvgIpc) is 1.88. The summed E-state index contributed by atoms with van der Waals surface area (Å²) in [6.45, 7) is 2.14. The maximum Gasteiger partial charge on any atom is 0.320 e. The van der Waals surface area contributed by atoms with Gasteiger partial charge in [0.15, 0.2) is 0 Å². The molecule has 0 saturated carbocycles. The number of hydrogen-bond acceptors (Lipinski definition) is 2. The molecule has 10 heavy (non-hydrogen) atoms. The molecule has 0 heterocycles. The molecule has 0 amide bonds. The summed E-state index contributed by atoms with van der Waals surface area (Å²) >= 11 is 0. The van der Waals surface area contributed by atoms with Crippen LogP contribution in [-0.4, -0.2) is 23.7 Å². The zero-order valence-electron chi connectivity index (χ0n) is 5.92. The molecule has 0 unspecified atom stereocenters. The van der Waals surface area contributed by atoms with Crippen molar-refractivity contribution < 1.29 is 9.90 Å². The van der Waals surface area contributed by atoms with Crippen molar-refractivity contribution in [1.82, 2.24) is 5.32 Å². The van der Waals surface area contributed by atoms with Crippen LogP contribution in [0.5, 0.6) is 0 Å². The van der Waals surface area contributed by atoms with Crippen LogP contribution in [0.1, 0.15) is 13.3 Å². The standard InChI is InChI=1S/C7H11NO2/c1-3-4-5-8-6(2)7(9)10/h1,6,8H,4-5H2,2H3,(H,9,10)/t6-/m0/s1. The largest absolute Gasteiger partial charge is 0.480 e. The normalized spacial score (nSPS) is 12.0. The van der Waals surface area contributed by atoms with Gasteiger partial charge in [-0.1, -0.05) is 0 Å². The van der Waals surface area contributed by atoms with Crippen LogP contribution in [0.15, 0.2) is 0 Å². The predicted octanol–water partition coefficient (Wildman–Crippen LogP) is 0.0724. The summed E-state index contributed by atoms with van der Waals surface area (Å²) in [5.74, 6) is 1.56. The summed E-state index contributed by atoms with van der Waals surface area (Å²) in [6.07, 6.45) is 5.52. The van der Waals surface area contributed by atoms with Crippen LogP contribution < -0.4 is 5.32 Å². The summed E-state index contributed by atoms with van der Waals surface area (Å²) < 4.78 is 0. The second-order valence-corrected chi connectivity index (χ2v) is 1.97. The lowest BCUT2D eigenvalue weighted by molar-refractivity contribution is -0.138. The van der Waals surface area contributed by atoms with Gasteiger partial charge in [-0.15, -0.1) is 12.3 Å². The Morgan fingerprint density at radius 3 is 2.90 bits per heavy atom. The van der Waals surface area contributed by atoms with Gasteiger partial charge >= 0.3 is 5.97 Å². The Labute approximate surface area is 60.4 Å². The molecule has 0 radical (unpaired) electrons. The van der Waals surface area contributed by atoms with Crippen LogP contribution in [0.2, 0.25) is 0 Å². The van der Waals surface area contributed by atoms with E-state index in [0.717, 1.165) is 0 Å². The van der Waals surface area contributed by atoms with E-state index < -0.39 is 12.0 Å². The summed E-state index contributed by atoms with van der Waals surface area (Å²) in [4.78, 5) is 10.2. The number of carboxylic acids is 1. The molecule has 1 atom stereocenters. The zero-order valence-corrected chi connectivity index (χ0v) is 5.92. The van der Waals surface area contributed by atoms with Crippen LogP contribution in [0.4, 0.5) is 0 Å². The predicted molar refractivity (Wildman–Crippen MR) is 38.6 cm³/mol. The molecule has 0 saturated heterocycles. The third kappa shape index (κ3) is 3.93. The van der Waals surface area contributed by atoms with Crippen molar-refractivity contribution in [3.63, 3.8) is 0 Å². The Morgan fingerprint density at radius 1 is 1.90 bits per heavy atom. The molecule has 0 aliphatic rings. The number of terminal acetylenes is 1. The Kier molecular flexibility index (Phi) is 4.34. The van der Waals surface area contributed by atoms with Gasteiger partial charge in [-0.25, -0.2) is 0 Å². The van der Waals surface area contributed by atoms with Gasteiger partial charge in [0, 0.05) is 13.0 Å². The van der Waals surface area contributed by atoms with Gasteiger partial charge in [-0.3, -0.25) is 4.79 Å². The highest BCUT2D eigenvalue weighted by Gasteiger charge is 2.07. The molecular weight excluding hydrogens is 130 g/mol. The molecule has 0 rings (SSSR count). The van der Waals surface area contributed by atoms with Crippen molar-refractivity contribution in [2.24, 2.45) is 0 Å². The zero-order chi connectivity index (χ0) is 7.98. The minimum atomic E-state index is -0.850. The Balaban J connectivity index is 3.32. The van der Waals surface area contributed by atoms with Crippen molar-refractivity contribution in [3.05, 3.63) is 0 Å². The Hall–Kier alpha value is -1.01. The van der Waals surface area contributed by atoms with Gasteiger partial charge in [0.2, 0.25) is 0 Å². The number of aliphatic carboxylic acids is 1. The molecule has 0 aliphatic heterocycles. The number of hydrogen-bond donors (Lipinski definition) is 2. The maximum absolute atomic E-state index is 10.2. The van der Waals surface area contributed by atoms with Gasteiger partial charge < -0.3 is 10.4 Å². The van der Waals surface area contributed by atoms with E-state index >= 15 is 0 Å². The quantitative estimate of drug-likeness (QED) is 0.430. The fourth-order valence-corrected chi connectivity index (χ4v) is 0.448. The molecule has 0 aromatic rings. The van der Waals surface area contributed by atoms with Gasteiger partial charge in [0.05, 0.1) is 0 Å². The van der Waals surface area contributed by atoms with Crippen molar-refractivity contribution in [1.29, 1.82) is 0 Å². The monoisotopic (exact) mass is 141 g/mol. The third-order valence-corrected chi connectivity index (χ3v) is 1.09. The molecule has 2 N–H and O–H groups in total. The smallest absolute Gasteiger partial charge is 0.320 e. The summed E-state index contributed by atoms with van der Waals surface area (Å²) in [5.41, 5.74) is 0. The lowest BCUT2D eigenvalue weighted by Gasteiger charge is -2.05. The van der Waals surface area contributed by atoms with Gasteiger partial charge in [0.25, 0.3) is 0 Å². The van der Waals surface area contributed by atoms with Gasteiger partial charge in [-0.2, -0.15) is 0 Å². The highest BCUT2D eigenvalue weighted by atomic mass is 16.4. The van der Waals surface area contributed by atoms with E-state index in [1.54, 1.807) is 6.92 Å². The fraction of sp³-hybridized carbons (Fsp3) is 0.571. The minimum Gasteiger partial charge on any atom is -0.480 e. The molecule has 56 valence electrons. The minimum absolute atomic E-state index is 0.506. The molecular formula is C7H11NO2. The van der Waals surface area contributed by atoms with Gasteiger partial charge in [0.1, 0.15) is 6.04 Å². The molecule has 0 aliphatic carbocycles. The maximum atomic E-state index is 10.2. The summed E-state index contributed by atoms with van der Waals surface area (Å²) in [5, 5.41) is 11.1. The van der Waals surface area contributed by atoms with Gasteiger partial charge in [-0.05, 0) is 6.92 Å². The van der Waals surface area contributed by atoms with Crippen molar-refractivity contribution in [3.8, 4) is 12.3 Å². The SMILES string of the molecule is C#CCCN[C@@H](C)C(=O)O. The molecule has 0 fully saturated rings. The van der Waals surface area contributed by atoms with Crippen molar-refractivity contribution in [2.45, 2.75) is 19.4 Å². The summed E-state index contributed by atoms with van der Waals surface area (Å²) in [7, 11) is 0. The lowest BCUT2D eigenvalue weighted by atomic mass is 10.3. The van der Waals surface area contributed by atoms with E-state index in [-0.39, 0.29) is 0 Å². The first-order valence-corrected chi connectivity index (χ1v) is 3.08. The molecule has 0 bridgehead atoms. The van der Waals surface area contributed by atoms with E-state index in [1.165, 1.54) is 0 Å². The molecule has 0 aromatic carbocycles.